The molecule has 2 aromatic rings. The van der Waals surface area contributed by atoms with Crippen LogP contribution in [0.2, 0.25) is 0 Å². The molecule has 0 fully saturated rings. The summed E-state index contributed by atoms with van der Waals surface area (Å²) in [6, 6.07) is 9.60. The van der Waals surface area contributed by atoms with Gasteiger partial charge in [0.1, 0.15) is 23.2 Å². The van der Waals surface area contributed by atoms with Crippen LogP contribution in [0.5, 0.6) is 23.0 Å². The normalized spacial score (nSPS) is 17.0. The number of carbonyl (C=O) groups is 1. The van der Waals surface area contributed by atoms with E-state index in [-0.39, 0.29) is 29.3 Å². The topological polar surface area (TPSA) is 76.0 Å². The Bertz CT molecular complexity index is 708. The summed E-state index contributed by atoms with van der Waals surface area (Å²) in [7, 11) is 1.47. The van der Waals surface area contributed by atoms with E-state index >= 15 is 0 Å². The minimum Gasteiger partial charge on any atom is -0.507 e. The van der Waals surface area contributed by atoms with E-state index in [0.29, 0.717) is 17.1 Å². The molecule has 0 amide bonds. The molecule has 0 radical (unpaired) electrons. The molecular formula is C16H14O5. The number of ketones is 1. The number of fused-ring (bicyclic) bond motifs is 1. The third kappa shape index (κ3) is 2.27. The van der Waals surface area contributed by atoms with Gasteiger partial charge in [0, 0.05) is 0 Å². The number of phenols is 2. The van der Waals surface area contributed by atoms with Gasteiger partial charge in [-0.05, 0) is 29.8 Å². The lowest BCUT2D eigenvalue weighted by Gasteiger charge is -2.26. The summed E-state index contributed by atoms with van der Waals surface area (Å²) in [6.07, 6.45) is -0.389. The van der Waals surface area contributed by atoms with E-state index in [0.717, 1.165) is 0 Å². The third-order valence-electron chi connectivity index (χ3n) is 3.50. The van der Waals surface area contributed by atoms with Gasteiger partial charge in [-0.3, -0.25) is 4.79 Å². The molecule has 2 aromatic carbocycles. The van der Waals surface area contributed by atoms with Crippen LogP contribution in [0.4, 0.5) is 0 Å². The molecule has 0 aliphatic carbocycles. The van der Waals surface area contributed by atoms with Gasteiger partial charge < -0.3 is 19.7 Å². The van der Waals surface area contributed by atoms with Crippen LogP contribution in [0.25, 0.3) is 0 Å². The van der Waals surface area contributed by atoms with Gasteiger partial charge in [0.05, 0.1) is 13.5 Å². The average molecular weight is 286 g/mol. The SMILES string of the molecule is COc1ccc([C@@H]2CC(=O)c3c(O)cccc3O2)cc1O. The summed E-state index contributed by atoms with van der Waals surface area (Å²) in [5, 5.41) is 19.6. The maximum absolute atomic E-state index is 12.2. The number of phenolic OH excluding ortho intramolecular Hbond substituents is 2. The Morgan fingerprint density at radius 1 is 1.19 bits per heavy atom. The Hall–Kier alpha value is -2.69. The number of aromatic hydroxyl groups is 2. The fourth-order valence-corrected chi connectivity index (χ4v) is 2.46. The van der Waals surface area contributed by atoms with E-state index in [1.807, 2.05) is 0 Å². The smallest absolute Gasteiger partial charge is 0.174 e. The number of methoxy groups -OCH3 is 1. The van der Waals surface area contributed by atoms with E-state index < -0.39 is 6.10 Å². The minimum absolute atomic E-state index is 0.00671. The van der Waals surface area contributed by atoms with Crippen LogP contribution in [-0.2, 0) is 0 Å². The van der Waals surface area contributed by atoms with Crippen molar-refractivity contribution in [1.29, 1.82) is 0 Å². The van der Waals surface area contributed by atoms with Crippen molar-refractivity contribution in [3.8, 4) is 23.0 Å². The van der Waals surface area contributed by atoms with Crippen molar-refractivity contribution in [1.82, 2.24) is 0 Å². The second-order valence-electron chi connectivity index (χ2n) is 4.82. The monoisotopic (exact) mass is 286 g/mol. The molecule has 1 aliphatic rings. The molecule has 1 heterocycles. The molecule has 0 saturated carbocycles. The Morgan fingerprint density at radius 2 is 2.00 bits per heavy atom. The van der Waals surface area contributed by atoms with E-state index in [1.54, 1.807) is 24.3 Å². The fraction of sp³-hybridized carbons (Fsp3) is 0.188. The van der Waals surface area contributed by atoms with Crippen molar-refractivity contribution >= 4 is 5.78 Å². The number of rotatable bonds is 2. The summed E-state index contributed by atoms with van der Waals surface area (Å²) in [5.41, 5.74) is 0.891. The van der Waals surface area contributed by atoms with Crippen molar-refractivity contribution in [2.24, 2.45) is 0 Å². The first-order chi connectivity index (χ1) is 10.1. The summed E-state index contributed by atoms with van der Waals surface area (Å²) >= 11 is 0. The van der Waals surface area contributed by atoms with Crippen LogP contribution >= 0.6 is 0 Å². The van der Waals surface area contributed by atoms with Crippen LogP contribution in [0.3, 0.4) is 0 Å². The predicted octanol–water partition coefficient (Wildman–Crippen LogP) is 2.81. The zero-order valence-corrected chi connectivity index (χ0v) is 11.4. The Morgan fingerprint density at radius 3 is 2.71 bits per heavy atom. The first kappa shape index (κ1) is 13.3. The van der Waals surface area contributed by atoms with E-state index in [1.165, 1.54) is 19.2 Å². The van der Waals surface area contributed by atoms with Gasteiger partial charge >= 0.3 is 0 Å². The third-order valence-corrected chi connectivity index (χ3v) is 3.50. The van der Waals surface area contributed by atoms with Crippen molar-refractivity contribution in [2.75, 3.05) is 7.11 Å². The molecule has 1 atom stereocenters. The quantitative estimate of drug-likeness (QED) is 0.887. The minimum atomic E-state index is -0.497. The maximum Gasteiger partial charge on any atom is 0.174 e. The second-order valence-corrected chi connectivity index (χ2v) is 4.82. The van der Waals surface area contributed by atoms with E-state index in [9.17, 15) is 15.0 Å². The molecule has 5 nitrogen and oxygen atoms in total. The van der Waals surface area contributed by atoms with Crippen molar-refractivity contribution in [3.05, 3.63) is 47.5 Å². The second kappa shape index (κ2) is 5.01. The molecule has 3 rings (SSSR count). The van der Waals surface area contributed by atoms with Crippen LogP contribution in [0, 0.1) is 0 Å². The summed E-state index contributed by atoms with van der Waals surface area (Å²) in [4.78, 5) is 12.2. The Kier molecular flexibility index (Phi) is 3.17. The highest BCUT2D eigenvalue weighted by Gasteiger charge is 2.30. The average Bonchev–Trinajstić information content (AvgIpc) is 2.46. The van der Waals surface area contributed by atoms with Gasteiger partial charge in [0.2, 0.25) is 0 Å². The standard InChI is InChI=1S/C16H14O5/c1-20-13-6-5-9(7-11(13)18)15-8-12(19)16-10(17)3-2-4-14(16)21-15/h2-7,15,17-18H,8H2,1H3/t15-/m0/s1. The first-order valence-electron chi connectivity index (χ1n) is 6.49. The van der Waals surface area contributed by atoms with Crippen LogP contribution in [0.15, 0.2) is 36.4 Å². The molecule has 0 aromatic heterocycles. The highest BCUT2D eigenvalue weighted by molar-refractivity contribution is 6.02. The zero-order valence-electron chi connectivity index (χ0n) is 11.4. The molecule has 108 valence electrons. The Labute approximate surface area is 121 Å². The fourth-order valence-electron chi connectivity index (χ4n) is 2.46. The Balaban J connectivity index is 1.96. The molecule has 0 saturated heterocycles. The zero-order chi connectivity index (χ0) is 15.0. The van der Waals surface area contributed by atoms with Gasteiger partial charge in [0.25, 0.3) is 0 Å². The first-order valence-corrected chi connectivity index (χ1v) is 6.49. The number of carbonyl (C=O) groups excluding carboxylic acids is 1. The molecule has 5 heteroatoms. The molecule has 1 aliphatic heterocycles. The molecule has 0 bridgehead atoms. The van der Waals surface area contributed by atoms with Gasteiger partial charge in [0.15, 0.2) is 17.3 Å². The maximum atomic E-state index is 12.2. The molecule has 0 unspecified atom stereocenters. The summed E-state index contributed by atoms with van der Waals surface area (Å²) in [5.74, 6) is 0.446. The molecular weight excluding hydrogens is 272 g/mol. The molecule has 0 spiro atoms. The van der Waals surface area contributed by atoms with E-state index in [4.69, 9.17) is 9.47 Å². The van der Waals surface area contributed by atoms with Crippen molar-refractivity contribution in [3.63, 3.8) is 0 Å². The van der Waals surface area contributed by atoms with Crippen LogP contribution in [0.1, 0.15) is 28.4 Å². The van der Waals surface area contributed by atoms with Crippen molar-refractivity contribution < 1.29 is 24.5 Å². The predicted molar refractivity (Wildman–Crippen MR) is 75.1 cm³/mol. The van der Waals surface area contributed by atoms with Crippen molar-refractivity contribution in [2.45, 2.75) is 12.5 Å². The largest absolute Gasteiger partial charge is 0.507 e. The highest BCUT2D eigenvalue weighted by Crippen LogP contribution is 2.40. The number of hydrogen-bond donors (Lipinski definition) is 2. The lowest BCUT2D eigenvalue weighted by Crippen LogP contribution is -2.20. The summed E-state index contributed by atoms with van der Waals surface area (Å²) in [6.45, 7) is 0. The van der Waals surface area contributed by atoms with Crippen LogP contribution in [-0.4, -0.2) is 23.1 Å². The number of hydrogen-bond acceptors (Lipinski definition) is 5. The number of ether oxygens (including phenoxy) is 2. The summed E-state index contributed by atoms with van der Waals surface area (Å²) < 4.78 is 10.8. The van der Waals surface area contributed by atoms with Crippen LogP contribution < -0.4 is 9.47 Å². The van der Waals surface area contributed by atoms with E-state index in [2.05, 4.69) is 0 Å². The molecule has 21 heavy (non-hydrogen) atoms. The van der Waals surface area contributed by atoms with Gasteiger partial charge in [-0.15, -0.1) is 0 Å². The number of benzene rings is 2. The van der Waals surface area contributed by atoms with Gasteiger partial charge in [-0.1, -0.05) is 12.1 Å². The number of Topliss-reactive ketones (excluding diaryl/α,β-unsaturated/α-hetero) is 1. The van der Waals surface area contributed by atoms with Gasteiger partial charge in [-0.25, -0.2) is 0 Å². The van der Waals surface area contributed by atoms with Gasteiger partial charge in [-0.2, -0.15) is 0 Å². The lowest BCUT2D eigenvalue weighted by atomic mass is 9.95. The highest BCUT2D eigenvalue weighted by atomic mass is 16.5. The lowest BCUT2D eigenvalue weighted by molar-refractivity contribution is 0.0845. The molecule has 2 N–H and O–H groups in total.